The lowest BCUT2D eigenvalue weighted by molar-refractivity contribution is -0.142. The number of carboxylic acids is 1. The predicted molar refractivity (Wildman–Crippen MR) is 74.2 cm³/mol. The van der Waals surface area contributed by atoms with Crippen molar-refractivity contribution in [3.63, 3.8) is 0 Å². The number of nitrogens with zero attached hydrogens (tertiary/aromatic N) is 1. The van der Waals surface area contributed by atoms with E-state index in [1.807, 2.05) is 0 Å². The number of carbonyl (C=O) groups is 2. The van der Waals surface area contributed by atoms with Crippen LogP contribution in [0.4, 0.5) is 0 Å². The van der Waals surface area contributed by atoms with Gasteiger partial charge in [0.1, 0.15) is 0 Å². The van der Waals surface area contributed by atoms with Crippen molar-refractivity contribution in [2.75, 3.05) is 6.54 Å². The van der Waals surface area contributed by atoms with Gasteiger partial charge in [0.25, 0.3) is 0 Å². The highest BCUT2D eigenvalue weighted by Crippen LogP contribution is 2.41. The lowest BCUT2D eigenvalue weighted by Crippen LogP contribution is -2.50. The van der Waals surface area contributed by atoms with Gasteiger partial charge in [-0.2, -0.15) is 0 Å². The lowest BCUT2D eigenvalue weighted by atomic mass is 9.87. The maximum Gasteiger partial charge on any atom is 0.303 e. The first-order chi connectivity index (χ1) is 9.56. The first-order valence-electron chi connectivity index (χ1n) is 7.83. The van der Waals surface area contributed by atoms with Crippen molar-refractivity contribution < 1.29 is 14.7 Å². The van der Waals surface area contributed by atoms with Crippen molar-refractivity contribution in [3.05, 3.63) is 0 Å². The maximum atomic E-state index is 12.8. The van der Waals surface area contributed by atoms with Gasteiger partial charge in [-0.05, 0) is 51.5 Å². The number of amides is 1. The van der Waals surface area contributed by atoms with Crippen LogP contribution in [0.3, 0.4) is 0 Å². The highest BCUT2D eigenvalue weighted by Gasteiger charge is 2.46. The first-order valence-corrected chi connectivity index (χ1v) is 7.83. The fraction of sp³-hybridized carbons (Fsp3) is 0.867. The van der Waals surface area contributed by atoms with Gasteiger partial charge >= 0.3 is 5.97 Å². The van der Waals surface area contributed by atoms with E-state index in [1.165, 1.54) is 0 Å². The standard InChI is InChI=1S/C15H24N2O3/c1-9-13(4-5-16-9)15(20)17-11-2-3-12(17)7-10(6-11)8-14(18)19/h9-13,16H,2-8H2,1H3,(H,18,19). The van der Waals surface area contributed by atoms with Gasteiger partial charge < -0.3 is 15.3 Å². The second-order valence-corrected chi connectivity index (χ2v) is 6.70. The molecular weight excluding hydrogens is 256 g/mol. The summed E-state index contributed by atoms with van der Waals surface area (Å²) in [6.45, 7) is 3.02. The number of carboxylic acid groups (broad SMARTS) is 1. The zero-order valence-corrected chi connectivity index (χ0v) is 12.0. The summed E-state index contributed by atoms with van der Waals surface area (Å²) in [4.78, 5) is 25.8. The Bertz CT molecular complexity index is 398. The second-order valence-electron chi connectivity index (χ2n) is 6.70. The number of fused-ring (bicyclic) bond motifs is 2. The zero-order valence-electron chi connectivity index (χ0n) is 12.0. The third kappa shape index (κ3) is 2.43. The molecule has 112 valence electrons. The van der Waals surface area contributed by atoms with Crippen LogP contribution in [0.1, 0.15) is 45.4 Å². The van der Waals surface area contributed by atoms with Gasteiger partial charge in [0.15, 0.2) is 0 Å². The number of hydrogen-bond donors (Lipinski definition) is 2. The molecular formula is C15H24N2O3. The molecule has 4 atom stereocenters. The van der Waals surface area contributed by atoms with Gasteiger partial charge in [-0.15, -0.1) is 0 Å². The molecule has 0 spiro atoms. The third-order valence-electron chi connectivity index (χ3n) is 5.39. The minimum absolute atomic E-state index is 0.120. The highest BCUT2D eigenvalue weighted by molar-refractivity contribution is 5.81. The molecule has 3 fully saturated rings. The normalized spacial score (nSPS) is 40.0. The molecule has 5 nitrogen and oxygen atoms in total. The lowest BCUT2D eigenvalue weighted by Gasteiger charge is -2.40. The molecule has 0 saturated carbocycles. The minimum Gasteiger partial charge on any atom is -0.481 e. The fourth-order valence-electron chi connectivity index (χ4n) is 4.45. The Morgan fingerprint density at radius 3 is 2.35 bits per heavy atom. The van der Waals surface area contributed by atoms with Crippen LogP contribution in [-0.4, -0.2) is 46.6 Å². The van der Waals surface area contributed by atoms with Gasteiger partial charge in [0.05, 0.1) is 5.92 Å². The van der Waals surface area contributed by atoms with Crippen LogP contribution in [0.15, 0.2) is 0 Å². The molecule has 4 unspecified atom stereocenters. The quantitative estimate of drug-likeness (QED) is 0.816. The molecule has 3 heterocycles. The van der Waals surface area contributed by atoms with Crippen molar-refractivity contribution in [3.8, 4) is 0 Å². The van der Waals surface area contributed by atoms with Crippen LogP contribution >= 0.6 is 0 Å². The number of aliphatic carboxylic acids is 1. The SMILES string of the molecule is CC1NCCC1C(=O)N1C2CCC1CC(CC(=O)O)C2. The van der Waals surface area contributed by atoms with E-state index in [1.54, 1.807) is 0 Å². The fourth-order valence-corrected chi connectivity index (χ4v) is 4.45. The maximum absolute atomic E-state index is 12.8. The predicted octanol–water partition coefficient (Wildman–Crippen LogP) is 1.23. The number of hydrogen-bond acceptors (Lipinski definition) is 3. The summed E-state index contributed by atoms with van der Waals surface area (Å²) in [7, 11) is 0. The Morgan fingerprint density at radius 2 is 1.85 bits per heavy atom. The molecule has 2 bridgehead atoms. The molecule has 3 aliphatic heterocycles. The van der Waals surface area contributed by atoms with Crippen molar-refractivity contribution in [1.29, 1.82) is 0 Å². The van der Waals surface area contributed by atoms with Crippen molar-refractivity contribution in [2.24, 2.45) is 11.8 Å². The van der Waals surface area contributed by atoms with E-state index in [9.17, 15) is 9.59 Å². The van der Waals surface area contributed by atoms with E-state index >= 15 is 0 Å². The molecule has 0 aromatic carbocycles. The highest BCUT2D eigenvalue weighted by atomic mass is 16.4. The van der Waals surface area contributed by atoms with E-state index in [2.05, 4.69) is 17.1 Å². The average Bonchev–Trinajstić information content (AvgIpc) is 2.90. The van der Waals surface area contributed by atoms with Crippen LogP contribution in [0, 0.1) is 11.8 Å². The zero-order chi connectivity index (χ0) is 14.3. The van der Waals surface area contributed by atoms with Crippen molar-refractivity contribution in [2.45, 2.75) is 63.6 Å². The van der Waals surface area contributed by atoms with Crippen LogP contribution in [0.5, 0.6) is 0 Å². The summed E-state index contributed by atoms with van der Waals surface area (Å²) < 4.78 is 0. The van der Waals surface area contributed by atoms with Crippen molar-refractivity contribution in [1.82, 2.24) is 10.2 Å². The van der Waals surface area contributed by atoms with E-state index in [-0.39, 0.29) is 24.3 Å². The minimum atomic E-state index is -0.706. The number of piperidine rings is 1. The summed E-state index contributed by atoms with van der Waals surface area (Å²) >= 11 is 0. The van der Waals surface area contributed by atoms with Gasteiger partial charge in [-0.25, -0.2) is 0 Å². The van der Waals surface area contributed by atoms with E-state index < -0.39 is 5.97 Å². The molecule has 3 saturated heterocycles. The first kappa shape index (κ1) is 13.9. The Morgan fingerprint density at radius 1 is 1.20 bits per heavy atom. The molecule has 0 aromatic rings. The second kappa shape index (κ2) is 5.35. The smallest absolute Gasteiger partial charge is 0.303 e. The van der Waals surface area contributed by atoms with Crippen LogP contribution in [-0.2, 0) is 9.59 Å². The third-order valence-corrected chi connectivity index (χ3v) is 5.39. The topological polar surface area (TPSA) is 69.6 Å². The summed E-state index contributed by atoms with van der Waals surface area (Å²) in [6, 6.07) is 0.857. The largest absolute Gasteiger partial charge is 0.481 e. The molecule has 0 aliphatic carbocycles. The van der Waals surface area contributed by atoms with Gasteiger partial charge in [-0.3, -0.25) is 9.59 Å². The molecule has 0 radical (unpaired) electrons. The van der Waals surface area contributed by atoms with E-state index in [0.717, 1.165) is 38.6 Å². The number of carbonyl (C=O) groups excluding carboxylic acids is 1. The molecule has 3 aliphatic rings. The van der Waals surface area contributed by atoms with Gasteiger partial charge in [0.2, 0.25) is 5.91 Å². The number of rotatable bonds is 3. The van der Waals surface area contributed by atoms with E-state index in [0.29, 0.717) is 18.0 Å². The van der Waals surface area contributed by atoms with Crippen LogP contribution in [0.25, 0.3) is 0 Å². The number of nitrogens with one attached hydrogen (secondary N) is 1. The van der Waals surface area contributed by atoms with Crippen molar-refractivity contribution >= 4 is 11.9 Å². The molecule has 0 aromatic heterocycles. The monoisotopic (exact) mass is 280 g/mol. The summed E-state index contributed by atoms with van der Waals surface area (Å²) in [5.41, 5.74) is 0. The van der Waals surface area contributed by atoms with Crippen LogP contribution < -0.4 is 5.32 Å². The Labute approximate surface area is 119 Å². The van der Waals surface area contributed by atoms with Crippen LogP contribution in [0.2, 0.25) is 0 Å². The molecule has 20 heavy (non-hydrogen) atoms. The Balaban J connectivity index is 1.67. The molecule has 3 rings (SSSR count). The average molecular weight is 280 g/mol. The van der Waals surface area contributed by atoms with E-state index in [4.69, 9.17) is 5.11 Å². The summed E-state index contributed by atoms with van der Waals surface area (Å²) in [5.74, 6) is -0.0196. The summed E-state index contributed by atoms with van der Waals surface area (Å²) in [5, 5.41) is 12.3. The summed E-state index contributed by atoms with van der Waals surface area (Å²) in [6.07, 6.45) is 5.07. The Hall–Kier alpha value is -1.10. The Kier molecular flexibility index (Phi) is 3.71. The molecule has 1 amide bonds. The molecule has 2 N–H and O–H groups in total. The van der Waals surface area contributed by atoms with Gasteiger partial charge in [-0.1, -0.05) is 0 Å². The van der Waals surface area contributed by atoms with Gasteiger partial charge in [0, 0.05) is 24.5 Å². The molecule has 5 heteroatoms.